The molecular formula is C19H21N3O2. The number of carbonyl (C=O) groups is 2. The van der Waals surface area contributed by atoms with Gasteiger partial charge in [-0.25, -0.2) is 4.79 Å². The van der Waals surface area contributed by atoms with Gasteiger partial charge in [-0.1, -0.05) is 43.3 Å². The molecule has 0 aromatic heterocycles. The molecule has 0 saturated carbocycles. The average Bonchev–Trinajstić information content (AvgIpc) is 2.96. The normalized spacial score (nSPS) is 17.0. The van der Waals surface area contributed by atoms with E-state index in [1.54, 1.807) is 4.90 Å². The summed E-state index contributed by atoms with van der Waals surface area (Å²) in [7, 11) is 0. The number of amides is 3. The predicted octanol–water partition coefficient (Wildman–Crippen LogP) is 3.18. The SMILES string of the molecule is CCc1ccccc1NC(=O)N[C@H]1CC(=O)N(c2ccccc2)C1. The van der Waals surface area contributed by atoms with Crippen molar-refractivity contribution in [2.75, 3.05) is 16.8 Å². The van der Waals surface area contributed by atoms with Gasteiger partial charge in [-0.15, -0.1) is 0 Å². The molecule has 2 N–H and O–H groups in total. The second kappa shape index (κ2) is 7.17. The number of urea groups is 1. The minimum absolute atomic E-state index is 0.0282. The molecule has 0 spiro atoms. The van der Waals surface area contributed by atoms with Gasteiger partial charge in [0.15, 0.2) is 0 Å². The number of rotatable bonds is 4. The number of aryl methyl sites for hydroxylation is 1. The van der Waals surface area contributed by atoms with E-state index >= 15 is 0 Å². The number of anilines is 2. The van der Waals surface area contributed by atoms with Crippen molar-refractivity contribution in [2.24, 2.45) is 0 Å². The lowest BCUT2D eigenvalue weighted by Crippen LogP contribution is -2.39. The van der Waals surface area contributed by atoms with Gasteiger partial charge >= 0.3 is 6.03 Å². The van der Waals surface area contributed by atoms with E-state index in [0.29, 0.717) is 13.0 Å². The Morgan fingerprint density at radius 2 is 1.83 bits per heavy atom. The number of carbonyl (C=O) groups excluding carboxylic acids is 2. The molecule has 0 bridgehead atoms. The highest BCUT2D eigenvalue weighted by Crippen LogP contribution is 2.21. The maximum Gasteiger partial charge on any atom is 0.319 e. The summed E-state index contributed by atoms with van der Waals surface area (Å²) < 4.78 is 0. The average molecular weight is 323 g/mol. The number of benzene rings is 2. The van der Waals surface area contributed by atoms with Gasteiger partial charge in [-0.3, -0.25) is 4.79 Å². The van der Waals surface area contributed by atoms with Crippen LogP contribution >= 0.6 is 0 Å². The van der Waals surface area contributed by atoms with Crippen molar-refractivity contribution < 1.29 is 9.59 Å². The zero-order valence-corrected chi connectivity index (χ0v) is 13.7. The molecule has 2 aromatic rings. The molecule has 5 nitrogen and oxygen atoms in total. The Bertz CT molecular complexity index is 730. The predicted molar refractivity (Wildman–Crippen MR) is 95.2 cm³/mol. The molecule has 3 rings (SSSR count). The third-order valence-corrected chi connectivity index (χ3v) is 4.17. The monoisotopic (exact) mass is 323 g/mol. The highest BCUT2D eigenvalue weighted by molar-refractivity contribution is 5.97. The molecular weight excluding hydrogens is 302 g/mol. The van der Waals surface area contributed by atoms with Crippen molar-refractivity contribution in [1.29, 1.82) is 0 Å². The molecule has 1 saturated heterocycles. The van der Waals surface area contributed by atoms with Crippen LogP contribution in [0.15, 0.2) is 54.6 Å². The molecule has 1 atom stereocenters. The van der Waals surface area contributed by atoms with E-state index in [2.05, 4.69) is 10.6 Å². The Morgan fingerprint density at radius 1 is 1.12 bits per heavy atom. The molecule has 0 radical (unpaired) electrons. The van der Waals surface area contributed by atoms with Gasteiger partial charge in [-0.05, 0) is 30.2 Å². The fraction of sp³-hybridized carbons (Fsp3) is 0.263. The minimum Gasteiger partial charge on any atom is -0.333 e. The molecule has 0 unspecified atom stereocenters. The first-order chi connectivity index (χ1) is 11.7. The van der Waals surface area contributed by atoms with E-state index in [9.17, 15) is 9.59 Å². The molecule has 5 heteroatoms. The molecule has 3 amide bonds. The van der Waals surface area contributed by atoms with Gasteiger partial charge < -0.3 is 15.5 Å². The van der Waals surface area contributed by atoms with Crippen molar-refractivity contribution in [3.63, 3.8) is 0 Å². The van der Waals surface area contributed by atoms with E-state index in [1.807, 2.05) is 61.5 Å². The summed E-state index contributed by atoms with van der Waals surface area (Å²) in [6.45, 7) is 2.54. The van der Waals surface area contributed by atoms with Gasteiger partial charge in [0, 0.05) is 24.3 Å². The fourth-order valence-electron chi connectivity index (χ4n) is 2.96. The van der Waals surface area contributed by atoms with E-state index in [4.69, 9.17) is 0 Å². The quantitative estimate of drug-likeness (QED) is 0.908. The Kier molecular flexibility index (Phi) is 4.79. The Labute approximate surface area is 141 Å². The molecule has 1 heterocycles. The lowest BCUT2D eigenvalue weighted by atomic mass is 10.1. The first-order valence-electron chi connectivity index (χ1n) is 8.18. The van der Waals surface area contributed by atoms with Gasteiger partial charge in [-0.2, -0.15) is 0 Å². The third-order valence-electron chi connectivity index (χ3n) is 4.17. The van der Waals surface area contributed by atoms with Crippen LogP contribution in [-0.2, 0) is 11.2 Å². The fourth-order valence-corrected chi connectivity index (χ4v) is 2.96. The number of nitrogens with zero attached hydrogens (tertiary/aromatic N) is 1. The van der Waals surface area contributed by atoms with Crippen LogP contribution < -0.4 is 15.5 Å². The van der Waals surface area contributed by atoms with Crippen LogP contribution in [0, 0.1) is 0 Å². The zero-order chi connectivity index (χ0) is 16.9. The molecule has 1 fully saturated rings. The molecule has 1 aliphatic heterocycles. The summed E-state index contributed by atoms with van der Waals surface area (Å²) in [5.74, 6) is 0.0282. The number of hydrogen-bond acceptors (Lipinski definition) is 2. The first kappa shape index (κ1) is 16.1. The number of para-hydroxylation sites is 2. The van der Waals surface area contributed by atoms with Crippen molar-refractivity contribution in [3.05, 3.63) is 60.2 Å². The standard InChI is InChI=1S/C19H21N3O2/c1-2-14-8-6-7-11-17(14)21-19(24)20-15-12-18(23)22(13-15)16-9-4-3-5-10-16/h3-11,15H,2,12-13H2,1H3,(H2,20,21,24)/t15-/m0/s1. The van der Waals surface area contributed by atoms with Crippen LogP contribution in [0.4, 0.5) is 16.2 Å². The molecule has 124 valence electrons. The highest BCUT2D eigenvalue weighted by atomic mass is 16.2. The second-order valence-electron chi connectivity index (χ2n) is 5.85. The van der Waals surface area contributed by atoms with Crippen molar-refractivity contribution in [3.8, 4) is 0 Å². The summed E-state index contributed by atoms with van der Waals surface area (Å²) in [5, 5.41) is 5.77. The zero-order valence-electron chi connectivity index (χ0n) is 13.7. The lowest BCUT2D eigenvalue weighted by molar-refractivity contribution is -0.117. The maximum absolute atomic E-state index is 12.2. The minimum atomic E-state index is -0.274. The first-order valence-corrected chi connectivity index (χ1v) is 8.18. The second-order valence-corrected chi connectivity index (χ2v) is 5.85. The summed E-state index contributed by atoms with van der Waals surface area (Å²) in [6, 6.07) is 16.8. The Balaban J connectivity index is 1.61. The van der Waals surface area contributed by atoms with Crippen molar-refractivity contribution in [2.45, 2.75) is 25.8 Å². The summed E-state index contributed by atoms with van der Waals surface area (Å²) >= 11 is 0. The highest BCUT2D eigenvalue weighted by Gasteiger charge is 2.31. The van der Waals surface area contributed by atoms with E-state index in [1.165, 1.54) is 0 Å². The largest absolute Gasteiger partial charge is 0.333 e. The number of nitrogens with one attached hydrogen (secondary N) is 2. The lowest BCUT2D eigenvalue weighted by Gasteiger charge is -2.17. The van der Waals surface area contributed by atoms with Crippen LogP contribution in [0.5, 0.6) is 0 Å². The van der Waals surface area contributed by atoms with E-state index in [0.717, 1.165) is 23.4 Å². The molecule has 1 aliphatic rings. The van der Waals surface area contributed by atoms with Crippen LogP contribution in [0.3, 0.4) is 0 Å². The molecule has 0 aliphatic carbocycles. The Morgan fingerprint density at radius 3 is 2.58 bits per heavy atom. The van der Waals surface area contributed by atoms with Crippen LogP contribution in [0.2, 0.25) is 0 Å². The van der Waals surface area contributed by atoms with Crippen LogP contribution in [0.1, 0.15) is 18.9 Å². The summed E-state index contributed by atoms with van der Waals surface area (Å²) in [4.78, 5) is 26.1. The van der Waals surface area contributed by atoms with Crippen LogP contribution in [0.25, 0.3) is 0 Å². The van der Waals surface area contributed by atoms with Gasteiger partial charge in [0.25, 0.3) is 0 Å². The summed E-state index contributed by atoms with van der Waals surface area (Å²) in [6.07, 6.45) is 1.16. The topological polar surface area (TPSA) is 61.4 Å². The number of hydrogen-bond donors (Lipinski definition) is 2. The van der Waals surface area contributed by atoms with Crippen LogP contribution in [-0.4, -0.2) is 24.5 Å². The molecule has 24 heavy (non-hydrogen) atoms. The van der Waals surface area contributed by atoms with Gasteiger partial charge in [0.2, 0.25) is 5.91 Å². The third kappa shape index (κ3) is 3.56. The van der Waals surface area contributed by atoms with Gasteiger partial charge in [0.05, 0.1) is 6.04 Å². The van der Waals surface area contributed by atoms with Crippen molar-refractivity contribution in [1.82, 2.24) is 5.32 Å². The van der Waals surface area contributed by atoms with E-state index < -0.39 is 0 Å². The smallest absolute Gasteiger partial charge is 0.319 e. The van der Waals surface area contributed by atoms with E-state index in [-0.39, 0.29) is 18.0 Å². The maximum atomic E-state index is 12.2. The summed E-state index contributed by atoms with van der Waals surface area (Å²) in [5.41, 5.74) is 2.76. The molecule has 2 aromatic carbocycles. The Hall–Kier alpha value is -2.82. The van der Waals surface area contributed by atoms with Crippen molar-refractivity contribution >= 4 is 23.3 Å². The van der Waals surface area contributed by atoms with Gasteiger partial charge in [0.1, 0.15) is 0 Å².